The first-order valence-corrected chi connectivity index (χ1v) is 12.0. The molecule has 0 amide bonds. The van der Waals surface area contributed by atoms with E-state index in [0.29, 0.717) is 12.4 Å². The van der Waals surface area contributed by atoms with Gasteiger partial charge < -0.3 is 9.30 Å². The molecule has 4 heteroatoms. The van der Waals surface area contributed by atoms with Crippen LogP contribution in [0.4, 0.5) is 0 Å². The van der Waals surface area contributed by atoms with E-state index in [9.17, 15) is 4.79 Å². The van der Waals surface area contributed by atoms with Gasteiger partial charge in [-0.2, -0.15) is 0 Å². The number of fused-ring (bicyclic) bond motifs is 6. The van der Waals surface area contributed by atoms with Crippen LogP contribution in [-0.4, -0.2) is 22.1 Å². The summed E-state index contributed by atoms with van der Waals surface area (Å²) in [5.74, 6) is 2.18. The van der Waals surface area contributed by atoms with Gasteiger partial charge in [0.05, 0.1) is 11.0 Å². The van der Waals surface area contributed by atoms with Crippen molar-refractivity contribution in [1.29, 1.82) is 0 Å². The Labute approximate surface area is 184 Å². The topological polar surface area (TPSA) is 44.1 Å². The molecular weight excluding hydrogens is 384 g/mol. The molecule has 4 aliphatic carbocycles. The summed E-state index contributed by atoms with van der Waals surface area (Å²) in [6, 6.07) is 8.49. The van der Waals surface area contributed by atoms with Crippen molar-refractivity contribution in [2.24, 2.45) is 28.6 Å². The van der Waals surface area contributed by atoms with E-state index in [0.717, 1.165) is 36.6 Å². The second-order valence-corrected chi connectivity index (χ2v) is 10.7. The summed E-state index contributed by atoms with van der Waals surface area (Å²) in [6.45, 7) is 5.65. The quantitative estimate of drug-likeness (QED) is 0.456. The van der Waals surface area contributed by atoms with Crippen molar-refractivity contribution in [3.8, 4) is 0 Å². The van der Waals surface area contributed by atoms with Crippen LogP contribution >= 0.6 is 0 Å². The Hall–Kier alpha value is -2.36. The number of imidazole rings is 1. The number of ether oxygens (including phenoxy) is 1. The van der Waals surface area contributed by atoms with Gasteiger partial charge in [0.25, 0.3) is 6.47 Å². The average molecular weight is 417 g/mol. The molecule has 0 spiro atoms. The van der Waals surface area contributed by atoms with Gasteiger partial charge >= 0.3 is 0 Å². The molecule has 0 radical (unpaired) electrons. The van der Waals surface area contributed by atoms with Gasteiger partial charge in [0.15, 0.2) is 0 Å². The van der Waals surface area contributed by atoms with Gasteiger partial charge in [0, 0.05) is 17.5 Å². The molecule has 2 saturated carbocycles. The van der Waals surface area contributed by atoms with Crippen molar-refractivity contribution in [1.82, 2.24) is 9.55 Å². The van der Waals surface area contributed by atoms with E-state index in [1.807, 2.05) is 6.33 Å². The number of nitrogens with zero attached hydrogens (tertiary/aromatic N) is 2. The highest BCUT2D eigenvalue weighted by atomic mass is 16.5. The van der Waals surface area contributed by atoms with Gasteiger partial charge in [-0.15, -0.1) is 0 Å². The highest BCUT2D eigenvalue weighted by Gasteiger charge is 2.57. The van der Waals surface area contributed by atoms with Crippen molar-refractivity contribution < 1.29 is 9.53 Å². The number of benzene rings is 1. The predicted molar refractivity (Wildman–Crippen MR) is 122 cm³/mol. The van der Waals surface area contributed by atoms with Crippen LogP contribution < -0.4 is 0 Å². The molecule has 31 heavy (non-hydrogen) atoms. The van der Waals surface area contributed by atoms with Crippen LogP contribution in [0.2, 0.25) is 0 Å². The molecule has 0 bridgehead atoms. The predicted octanol–water partition coefficient (Wildman–Crippen LogP) is 5.99. The maximum atomic E-state index is 10.9. The first-order valence-electron chi connectivity index (χ1n) is 12.0. The summed E-state index contributed by atoms with van der Waals surface area (Å²) in [6.07, 6.45) is 15.1. The third-order valence-electron chi connectivity index (χ3n) is 9.56. The van der Waals surface area contributed by atoms with Gasteiger partial charge in [0.2, 0.25) is 0 Å². The molecular formula is C27H32N2O2. The summed E-state index contributed by atoms with van der Waals surface area (Å²) >= 11 is 0. The molecule has 0 N–H and O–H groups in total. The molecule has 162 valence electrons. The zero-order chi connectivity index (χ0) is 21.2. The second-order valence-electron chi connectivity index (χ2n) is 10.7. The molecule has 4 aliphatic rings. The average Bonchev–Trinajstić information content (AvgIpc) is 3.34. The van der Waals surface area contributed by atoms with Crippen molar-refractivity contribution in [3.63, 3.8) is 0 Å². The Morgan fingerprint density at radius 1 is 1.06 bits per heavy atom. The van der Waals surface area contributed by atoms with E-state index >= 15 is 0 Å². The summed E-state index contributed by atoms with van der Waals surface area (Å²) in [7, 11) is 0. The van der Waals surface area contributed by atoms with E-state index in [1.54, 1.807) is 5.57 Å². The fourth-order valence-corrected chi connectivity index (χ4v) is 7.89. The fraction of sp³-hybridized carbons (Fsp3) is 0.556. The Bertz CT molecular complexity index is 1100. The highest BCUT2D eigenvalue weighted by molar-refractivity contribution is 5.80. The van der Waals surface area contributed by atoms with E-state index < -0.39 is 0 Å². The van der Waals surface area contributed by atoms with Gasteiger partial charge in [-0.3, -0.25) is 4.79 Å². The molecule has 2 aromatic rings. The molecule has 1 heterocycles. The highest BCUT2D eigenvalue weighted by Crippen LogP contribution is 2.65. The first-order chi connectivity index (χ1) is 15.0. The van der Waals surface area contributed by atoms with Gasteiger partial charge in [0.1, 0.15) is 12.4 Å². The van der Waals surface area contributed by atoms with Crippen LogP contribution in [-0.2, 0) is 9.53 Å². The molecule has 1 aromatic carbocycles. The lowest BCUT2D eigenvalue weighted by Gasteiger charge is -2.57. The Kier molecular flexibility index (Phi) is 4.25. The maximum Gasteiger partial charge on any atom is 0.293 e. The van der Waals surface area contributed by atoms with Gasteiger partial charge in [-0.05, 0) is 73.8 Å². The lowest BCUT2D eigenvalue weighted by molar-refractivity contribution is -0.135. The largest absolute Gasteiger partial charge is 0.464 e. The summed E-state index contributed by atoms with van der Waals surface area (Å²) in [5.41, 5.74) is 5.82. The smallest absolute Gasteiger partial charge is 0.293 e. The zero-order valence-electron chi connectivity index (χ0n) is 18.6. The van der Waals surface area contributed by atoms with Crippen LogP contribution in [0.5, 0.6) is 0 Å². The van der Waals surface area contributed by atoms with E-state index in [-0.39, 0.29) is 16.9 Å². The number of carbonyl (C=O) groups excluding carboxylic acids is 1. The van der Waals surface area contributed by atoms with Crippen LogP contribution in [0, 0.1) is 28.6 Å². The molecule has 2 fully saturated rings. The third-order valence-corrected chi connectivity index (χ3v) is 9.56. The molecule has 6 rings (SSSR count). The third kappa shape index (κ3) is 2.66. The van der Waals surface area contributed by atoms with E-state index in [4.69, 9.17) is 4.74 Å². The number of aromatic nitrogens is 2. The van der Waals surface area contributed by atoms with Gasteiger partial charge in [-0.1, -0.05) is 43.7 Å². The fourth-order valence-electron chi connectivity index (χ4n) is 7.89. The standard InChI is InChI=1S/C27H32N2O2/c1-26-13-11-19(31-17-30)15-18(26)7-8-20-21-9-10-25(27(21,2)14-12-22(20)26)29-16-28-23-5-3-4-6-24(23)29/h3-7,10,16-17,19-22H,8-9,11-15H2,1-2H3/t19-,20?,21?,22?,26-,27-/m0/s1. The van der Waals surface area contributed by atoms with Crippen molar-refractivity contribution in [2.75, 3.05) is 0 Å². The number of hydrogen-bond donors (Lipinski definition) is 0. The minimum atomic E-state index is 0.0801. The SMILES string of the molecule is C[C@]12CC[C@H](OC=O)CC1=CCC1C2CC[C@]2(C)C(n3cnc4ccccc43)=CCC12. The lowest BCUT2D eigenvalue weighted by atomic mass is 9.48. The van der Waals surface area contributed by atoms with Gasteiger partial charge in [-0.25, -0.2) is 4.98 Å². The second kappa shape index (κ2) is 6.82. The lowest BCUT2D eigenvalue weighted by Crippen LogP contribution is -2.50. The number of allylic oxidation sites excluding steroid dienone is 3. The zero-order valence-corrected chi connectivity index (χ0v) is 18.6. The van der Waals surface area contributed by atoms with Crippen LogP contribution in [0.25, 0.3) is 16.7 Å². The summed E-state index contributed by atoms with van der Waals surface area (Å²) in [5, 5.41) is 0. The number of rotatable bonds is 3. The van der Waals surface area contributed by atoms with Crippen LogP contribution in [0.15, 0.2) is 48.3 Å². The van der Waals surface area contributed by atoms with E-state index in [2.05, 4.69) is 59.8 Å². The first kappa shape index (κ1) is 19.3. The minimum absolute atomic E-state index is 0.0801. The molecule has 1 aromatic heterocycles. The maximum absolute atomic E-state index is 10.9. The van der Waals surface area contributed by atoms with Crippen LogP contribution in [0.3, 0.4) is 0 Å². The number of carbonyl (C=O) groups is 1. The summed E-state index contributed by atoms with van der Waals surface area (Å²) in [4.78, 5) is 15.5. The number of hydrogen-bond acceptors (Lipinski definition) is 3. The molecule has 0 saturated heterocycles. The monoisotopic (exact) mass is 416 g/mol. The Morgan fingerprint density at radius 3 is 2.77 bits per heavy atom. The van der Waals surface area contributed by atoms with Crippen LogP contribution in [0.1, 0.15) is 58.8 Å². The minimum Gasteiger partial charge on any atom is -0.464 e. The molecule has 0 aliphatic heterocycles. The van der Waals surface area contributed by atoms with E-state index in [1.165, 1.54) is 36.9 Å². The Morgan fingerprint density at radius 2 is 1.90 bits per heavy atom. The normalized spacial score (nSPS) is 39.2. The van der Waals surface area contributed by atoms with Crippen molar-refractivity contribution >= 4 is 23.2 Å². The van der Waals surface area contributed by atoms with Crippen molar-refractivity contribution in [2.45, 2.75) is 64.9 Å². The Balaban J connectivity index is 1.32. The number of para-hydroxylation sites is 2. The molecule has 4 nitrogen and oxygen atoms in total. The summed E-state index contributed by atoms with van der Waals surface area (Å²) < 4.78 is 7.71. The van der Waals surface area contributed by atoms with Crippen molar-refractivity contribution in [3.05, 3.63) is 48.3 Å². The molecule has 6 atom stereocenters. The molecule has 3 unspecified atom stereocenters.